The summed E-state index contributed by atoms with van der Waals surface area (Å²) in [5.74, 6) is -0.0592. The number of hydrogen-bond donors (Lipinski definition) is 4. The maximum atomic E-state index is 13.2. The average molecular weight is 482 g/mol. The van der Waals surface area contributed by atoms with E-state index in [9.17, 15) is 4.79 Å². The molecular weight excluding hydrogens is 458 g/mol. The summed E-state index contributed by atoms with van der Waals surface area (Å²) in [5, 5.41) is 3.83. The van der Waals surface area contributed by atoms with Crippen molar-refractivity contribution in [2.24, 2.45) is 0 Å². The minimum atomic E-state index is -0.503. The van der Waals surface area contributed by atoms with E-state index in [1.54, 1.807) is 0 Å². The molecule has 174 valence electrons. The summed E-state index contributed by atoms with van der Waals surface area (Å²) in [6.45, 7) is 2.04. The van der Waals surface area contributed by atoms with Gasteiger partial charge in [-0.1, -0.05) is 78.1 Å². The molecule has 3 aromatic carbocycles. The summed E-state index contributed by atoms with van der Waals surface area (Å²) in [5.41, 5.74) is 16.0. The Balaban J connectivity index is 1.34. The van der Waals surface area contributed by atoms with Crippen LogP contribution >= 0.6 is 11.3 Å². The summed E-state index contributed by atoms with van der Waals surface area (Å²) >= 11 is 1.51. The highest BCUT2D eigenvalue weighted by molar-refractivity contribution is 7.22. The van der Waals surface area contributed by atoms with E-state index in [0.29, 0.717) is 10.9 Å². The lowest BCUT2D eigenvalue weighted by atomic mass is 9.91. The summed E-state index contributed by atoms with van der Waals surface area (Å²) in [7, 11) is 0. The first-order valence-electron chi connectivity index (χ1n) is 11.0. The maximum absolute atomic E-state index is 13.2. The molecule has 0 atom stereocenters. The molecule has 0 spiro atoms. The number of benzene rings is 3. The molecule has 0 bridgehead atoms. The topological polar surface area (TPSA) is 118 Å². The summed E-state index contributed by atoms with van der Waals surface area (Å²) in [4.78, 5) is 26.3. The van der Waals surface area contributed by atoms with Gasteiger partial charge >= 0.3 is 0 Å². The van der Waals surface area contributed by atoms with Crippen LogP contribution in [0.4, 0.5) is 22.5 Å². The van der Waals surface area contributed by atoms with Crippen LogP contribution in [0.1, 0.15) is 22.6 Å². The number of nitrogens with one attached hydrogen (secondary N) is 3. The van der Waals surface area contributed by atoms with E-state index in [0.717, 1.165) is 21.3 Å². The molecule has 0 unspecified atom stereocenters. The lowest BCUT2D eigenvalue weighted by Gasteiger charge is -2.19. The molecule has 0 saturated carbocycles. The third kappa shape index (κ3) is 4.90. The van der Waals surface area contributed by atoms with Gasteiger partial charge in [0.25, 0.3) is 0 Å². The number of aryl methyl sites for hydroxylation is 1. The van der Waals surface area contributed by atoms with Crippen LogP contribution in [0, 0.1) is 6.92 Å². The molecule has 5 aromatic rings. The van der Waals surface area contributed by atoms with Crippen molar-refractivity contribution >= 4 is 49.9 Å². The largest absolute Gasteiger partial charge is 0.393 e. The van der Waals surface area contributed by atoms with Gasteiger partial charge in [0.1, 0.15) is 12.0 Å². The lowest BCUT2D eigenvalue weighted by molar-refractivity contribution is -0.121. The Labute approximate surface area is 206 Å². The van der Waals surface area contributed by atoms with Crippen LogP contribution in [-0.2, 0) is 4.79 Å². The number of aromatic nitrogens is 3. The number of nitrogen functional groups attached to an aromatic ring is 1. The zero-order valence-corrected chi connectivity index (χ0v) is 19.7. The van der Waals surface area contributed by atoms with Crippen LogP contribution < -0.4 is 21.9 Å². The molecule has 0 aliphatic rings. The Morgan fingerprint density at radius 2 is 1.57 bits per heavy atom. The smallest absolute Gasteiger partial charge is 0.250 e. The van der Waals surface area contributed by atoms with Gasteiger partial charge in [-0.25, -0.2) is 15.0 Å². The average Bonchev–Trinajstić information content (AvgIpc) is 3.27. The number of hydrazine groups is 1. The second-order valence-corrected chi connectivity index (χ2v) is 9.00. The highest BCUT2D eigenvalue weighted by Crippen LogP contribution is 2.31. The van der Waals surface area contributed by atoms with Crippen LogP contribution in [-0.4, -0.2) is 20.9 Å². The monoisotopic (exact) mass is 481 g/mol. The molecule has 1 amide bonds. The number of hydrogen-bond acceptors (Lipinski definition) is 8. The van der Waals surface area contributed by atoms with E-state index >= 15 is 0 Å². The van der Waals surface area contributed by atoms with Crippen LogP contribution in [0.2, 0.25) is 0 Å². The molecule has 0 aliphatic heterocycles. The van der Waals surface area contributed by atoms with E-state index < -0.39 is 5.92 Å². The molecular formula is C26H23N7OS. The molecule has 2 aromatic heterocycles. The fraction of sp³-hybridized carbons (Fsp3) is 0.0769. The van der Waals surface area contributed by atoms with Gasteiger partial charge in [-0.15, -0.1) is 0 Å². The molecule has 0 radical (unpaired) electrons. The zero-order chi connectivity index (χ0) is 24.2. The van der Waals surface area contributed by atoms with Crippen molar-refractivity contribution < 1.29 is 4.79 Å². The minimum Gasteiger partial charge on any atom is -0.393 e. The number of nitrogens with zero attached hydrogens (tertiary/aromatic N) is 3. The van der Waals surface area contributed by atoms with Gasteiger partial charge in [0.05, 0.1) is 16.1 Å². The lowest BCUT2D eigenvalue weighted by Crippen LogP contribution is -2.35. The Morgan fingerprint density at radius 1 is 0.914 bits per heavy atom. The van der Waals surface area contributed by atoms with E-state index in [4.69, 9.17) is 5.73 Å². The Morgan fingerprint density at radius 3 is 2.26 bits per heavy atom. The summed E-state index contributed by atoms with van der Waals surface area (Å²) in [6.07, 6.45) is 1.37. The number of anilines is 4. The summed E-state index contributed by atoms with van der Waals surface area (Å²) < 4.78 is 1.07. The predicted molar refractivity (Wildman–Crippen MR) is 141 cm³/mol. The van der Waals surface area contributed by atoms with Crippen molar-refractivity contribution in [2.45, 2.75) is 12.8 Å². The van der Waals surface area contributed by atoms with E-state index in [1.807, 2.05) is 79.7 Å². The zero-order valence-electron chi connectivity index (χ0n) is 18.9. The third-order valence-electron chi connectivity index (χ3n) is 5.49. The second kappa shape index (κ2) is 9.78. The number of rotatable bonds is 7. The van der Waals surface area contributed by atoms with Crippen molar-refractivity contribution in [3.05, 3.63) is 102 Å². The van der Waals surface area contributed by atoms with Gasteiger partial charge in [0.15, 0.2) is 16.8 Å². The minimum absolute atomic E-state index is 0.239. The van der Waals surface area contributed by atoms with Crippen LogP contribution in [0.15, 0.2) is 85.2 Å². The van der Waals surface area contributed by atoms with Crippen molar-refractivity contribution in [2.75, 3.05) is 16.5 Å². The predicted octanol–water partition coefficient (Wildman–Crippen LogP) is 5.00. The Hall–Kier alpha value is -4.50. The molecule has 35 heavy (non-hydrogen) atoms. The number of thiazole rings is 1. The van der Waals surface area contributed by atoms with Crippen LogP contribution in [0.5, 0.6) is 0 Å². The first-order valence-corrected chi connectivity index (χ1v) is 11.8. The van der Waals surface area contributed by atoms with Gasteiger partial charge in [0, 0.05) is 0 Å². The molecule has 5 rings (SSSR count). The van der Waals surface area contributed by atoms with Gasteiger partial charge < -0.3 is 11.1 Å². The molecule has 5 N–H and O–H groups in total. The molecule has 0 aliphatic carbocycles. The first kappa shape index (κ1) is 22.3. The highest BCUT2D eigenvalue weighted by Gasteiger charge is 2.23. The Kier molecular flexibility index (Phi) is 6.23. The summed E-state index contributed by atoms with van der Waals surface area (Å²) in [6, 6.07) is 25.3. The van der Waals surface area contributed by atoms with E-state index in [-0.39, 0.29) is 17.4 Å². The van der Waals surface area contributed by atoms with Gasteiger partial charge in [-0.3, -0.25) is 15.6 Å². The fourth-order valence-electron chi connectivity index (χ4n) is 3.76. The Bertz CT molecular complexity index is 1430. The highest BCUT2D eigenvalue weighted by atomic mass is 32.1. The molecule has 9 heteroatoms. The standard InChI is InChI=1S/C26H23N7OS/c1-16-12-13-19-20(14-16)35-26(30-19)31-23-22(27)24(29-15-28-23)32-33-25(34)21(17-8-4-2-5-9-17)18-10-6-3-7-11-18/h2-15,21H,27H2,1H3,(H,33,34)(H2,28,29,30,31,32). The quantitative estimate of drug-likeness (QED) is 0.242. The number of carbonyl (C=O) groups is 1. The van der Waals surface area contributed by atoms with Crippen LogP contribution in [0.25, 0.3) is 10.2 Å². The van der Waals surface area contributed by atoms with Crippen LogP contribution in [0.3, 0.4) is 0 Å². The van der Waals surface area contributed by atoms with E-state index in [1.165, 1.54) is 23.2 Å². The molecule has 8 nitrogen and oxygen atoms in total. The van der Waals surface area contributed by atoms with Crippen molar-refractivity contribution in [1.82, 2.24) is 20.4 Å². The van der Waals surface area contributed by atoms with E-state index in [2.05, 4.69) is 37.2 Å². The molecule has 2 heterocycles. The number of amides is 1. The van der Waals surface area contributed by atoms with Crippen molar-refractivity contribution in [1.29, 1.82) is 0 Å². The van der Waals surface area contributed by atoms with Crippen molar-refractivity contribution in [3.8, 4) is 0 Å². The maximum Gasteiger partial charge on any atom is 0.250 e. The normalized spacial score (nSPS) is 10.9. The van der Waals surface area contributed by atoms with Crippen molar-refractivity contribution in [3.63, 3.8) is 0 Å². The third-order valence-corrected chi connectivity index (χ3v) is 6.42. The first-order chi connectivity index (χ1) is 17.1. The number of nitrogens with two attached hydrogens (primary N) is 1. The second-order valence-electron chi connectivity index (χ2n) is 7.97. The molecule has 0 fully saturated rings. The van der Waals surface area contributed by atoms with Gasteiger partial charge in [0.2, 0.25) is 5.91 Å². The fourth-order valence-corrected chi connectivity index (χ4v) is 4.72. The SMILES string of the molecule is Cc1ccc2nc(Nc3ncnc(NNC(=O)C(c4ccccc4)c4ccccc4)c3N)sc2c1. The van der Waals surface area contributed by atoms with Gasteiger partial charge in [-0.05, 0) is 35.7 Å². The molecule has 0 saturated heterocycles. The number of fused-ring (bicyclic) bond motifs is 1. The number of carbonyl (C=O) groups excluding carboxylic acids is 1. The van der Waals surface area contributed by atoms with Gasteiger partial charge in [-0.2, -0.15) is 0 Å².